The van der Waals surface area contributed by atoms with Gasteiger partial charge in [0.25, 0.3) is 11.8 Å². The highest BCUT2D eigenvalue weighted by atomic mass is 32.1. The predicted octanol–water partition coefficient (Wildman–Crippen LogP) is 3.10. The fraction of sp³-hybridized carbons (Fsp3) is 0.444. The molecule has 1 aromatic carbocycles. The number of carbonyl (C=O) groups is 5. The number of thiocarbonyl (C=S) groups is 1. The molecule has 0 bridgehead atoms. The number of para-hydroxylation sites is 1. The Morgan fingerprint density at radius 2 is 1.77 bits per heavy atom. The monoisotopic (exact) mass is 554 g/mol. The standard InChI is InChI=1S/C27H30N4O7S/c1-8-37-22(34)19-20(21(33)31-15(3)13-14(2)28-31)30(25(36)38-26(5,6)7)24(39)27(19)17-11-9-10-12-18(17)29(16(4)32)23(27)35/h9-13,19-20H,8H2,1-7H3. The molecule has 12 heteroatoms. The summed E-state index contributed by atoms with van der Waals surface area (Å²) in [5.41, 5.74) is -1.69. The lowest BCUT2D eigenvalue weighted by molar-refractivity contribution is -0.152. The van der Waals surface area contributed by atoms with Crippen LogP contribution in [0.4, 0.5) is 10.5 Å². The zero-order valence-corrected chi connectivity index (χ0v) is 23.6. The number of ether oxygens (including phenoxy) is 2. The zero-order valence-electron chi connectivity index (χ0n) is 22.8. The van der Waals surface area contributed by atoms with Crippen molar-refractivity contribution in [1.29, 1.82) is 0 Å². The Labute approximate surface area is 231 Å². The molecule has 39 heavy (non-hydrogen) atoms. The summed E-state index contributed by atoms with van der Waals surface area (Å²) in [6.07, 6.45) is -1.02. The Hall–Kier alpha value is -3.93. The number of aryl methyl sites for hydroxylation is 2. The number of esters is 1. The Balaban J connectivity index is 2.06. The lowest BCUT2D eigenvalue weighted by Crippen LogP contribution is -2.53. The first kappa shape index (κ1) is 28.1. The van der Waals surface area contributed by atoms with Crippen LogP contribution in [0.5, 0.6) is 0 Å². The van der Waals surface area contributed by atoms with E-state index in [1.54, 1.807) is 71.9 Å². The van der Waals surface area contributed by atoms with Crippen LogP contribution in [0.2, 0.25) is 0 Å². The molecule has 206 valence electrons. The van der Waals surface area contributed by atoms with Crippen molar-refractivity contribution in [2.45, 2.75) is 65.5 Å². The average Bonchev–Trinajstić information content (AvgIpc) is 3.40. The van der Waals surface area contributed by atoms with Crippen LogP contribution in [-0.4, -0.2) is 67.7 Å². The third kappa shape index (κ3) is 4.22. The van der Waals surface area contributed by atoms with Crippen LogP contribution < -0.4 is 4.90 Å². The number of amides is 3. The van der Waals surface area contributed by atoms with Gasteiger partial charge < -0.3 is 9.47 Å². The molecule has 1 aromatic heterocycles. The molecule has 3 atom stereocenters. The van der Waals surface area contributed by atoms with Gasteiger partial charge in [0.15, 0.2) is 0 Å². The van der Waals surface area contributed by atoms with E-state index in [1.807, 2.05) is 0 Å². The predicted molar refractivity (Wildman–Crippen MR) is 143 cm³/mol. The van der Waals surface area contributed by atoms with Gasteiger partial charge in [0.05, 0.1) is 18.0 Å². The Bertz CT molecular complexity index is 1430. The number of rotatable bonds is 3. The van der Waals surface area contributed by atoms with Gasteiger partial charge in [0, 0.05) is 12.6 Å². The van der Waals surface area contributed by atoms with Crippen molar-refractivity contribution in [3.63, 3.8) is 0 Å². The molecule has 2 aliphatic heterocycles. The summed E-state index contributed by atoms with van der Waals surface area (Å²) in [7, 11) is 0. The van der Waals surface area contributed by atoms with Gasteiger partial charge in [-0.3, -0.25) is 24.1 Å². The summed E-state index contributed by atoms with van der Waals surface area (Å²) in [6.45, 7) is 10.9. The molecule has 3 amide bonds. The summed E-state index contributed by atoms with van der Waals surface area (Å²) in [4.78, 5) is 70.1. The topological polar surface area (TPSA) is 128 Å². The van der Waals surface area contributed by atoms with E-state index in [4.69, 9.17) is 21.7 Å². The normalized spacial score (nSPS) is 22.3. The average molecular weight is 555 g/mol. The largest absolute Gasteiger partial charge is 0.466 e. The number of imide groups is 1. The molecule has 3 unspecified atom stereocenters. The number of anilines is 1. The minimum absolute atomic E-state index is 0.0717. The van der Waals surface area contributed by atoms with Crippen molar-refractivity contribution in [2.24, 2.45) is 5.92 Å². The molecule has 0 saturated carbocycles. The molecule has 1 fully saturated rings. The smallest absolute Gasteiger partial charge is 0.416 e. The van der Waals surface area contributed by atoms with Crippen LogP contribution >= 0.6 is 12.2 Å². The van der Waals surface area contributed by atoms with Gasteiger partial charge in [-0.05, 0) is 59.2 Å². The molecular weight excluding hydrogens is 524 g/mol. The Kier molecular flexibility index (Phi) is 6.97. The van der Waals surface area contributed by atoms with Crippen LogP contribution in [0, 0.1) is 19.8 Å². The molecule has 11 nitrogen and oxygen atoms in total. The summed E-state index contributed by atoms with van der Waals surface area (Å²) >= 11 is 5.81. The van der Waals surface area contributed by atoms with Crippen LogP contribution in [0.1, 0.15) is 56.4 Å². The molecular formula is C27H30N4O7S. The van der Waals surface area contributed by atoms with Crippen LogP contribution in [-0.2, 0) is 29.3 Å². The lowest BCUT2D eigenvalue weighted by Gasteiger charge is -2.28. The quantitative estimate of drug-likeness (QED) is 0.415. The van der Waals surface area contributed by atoms with Crippen molar-refractivity contribution in [2.75, 3.05) is 11.5 Å². The number of likely N-dealkylation sites (tertiary alicyclic amines) is 1. The fourth-order valence-electron chi connectivity index (χ4n) is 5.33. The highest BCUT2D eigenvalue weighted by molar-refractivity contribution is 7.80. The molecule has 2 aromatic rings. The van der Waals surface area contributed by atoms with E-state index < -0.39 is 52.8 Å². The van der Waals surface area contributed by atoms with E-state index in [1.165, 1.54) is 6.92 Å². The second-order valence-corrected chi connectivity index (χ2v) is 10.9. The maximum atomic E-state index is 14.3. The van der Waals surface area contributed by atoms with E-state index in [9.17, 15) is 24.0 Å². The number of carbonyl (C=O) groups excluding carboxylic acids is 5. The molecule has 2 aliphatic rings. The van der Waals surface area contributed by atoms with E-state index >= 15 is 0 Å². The molecule has 0 N–H and O–H groups in total. The number of benzene rings is 1. The first-order valence-electron chi connectivity index (χ1n) is 12.4. The summed E-state index contributed by atoms with van der Waals surface area (Å²) in [6, 6.07) is 6.35. The van der Waals surface area contributed by atoms with Gasteiger partial charge in [-0.2, -0.15) is 5.10 Å². The third-order valence-electron chi connectivity index (χ3n) is 6.64. The minimum Gasteiger partial charge on any atom is -0.466 e. The Morgan fingerprint density at radius 1 is 1.13 bits per heavy atom. The third-order valence-corrected chi connectivity index (χ3v) is 7.16. The first-order chi connectivity index (χ1) is 18.2. The SMILES string of the molecule is CCOC(=O)C1C(C(=O)n2nc(C)cc2C)N(C(=O)OC(C)(C)C)C(=S)C12C(=O)N(C(C)=O)c1ccccc12. The van der Waals surface area contributed by atoms with Gasteiger partial charge in [-0.25, -0.2) is 14.4 Å². The van der Waals surface area contributed by atoms with Crippen molar-refractivity contribution in [3.8, 4) is 0 Å². The highest BCUT2D eigenvalue weighted by Crippen LogP contribution is 2.54. The molecule has 1 spiro atoms. The van der Waals surface area contributed by atoms with Gasteiger partial charge >= 0.3 is 12.1 Å². The number of nitrogens with zero attached hydrogens (tertiary/aromatic N) is 4. The van der Waals surface area contributed by atoms with Crippen molar-refractivity contribution in [1.82, 2.24) is 14.7 Å². The molecule has 0 aliphatic carbocycles. The number of aromatic nitrogens is 2. The van der Waals surface area contributed by atoms with E-state index in [0.717, 1.165) is 14.5 Å². The van der Waals surface area contributed by atoms with Crippen molar-refractivity contribution < 1.29 is 33.4 Å². The van der Waals surface area contributed by atoms with E-state index in [-0.39, 0.29) is 22.8 Å². The first-order valence-corrected chi connectivity index (χ1v) is 12.8. The summed E-state index contributed by atoms with van der Waals surface area (Å²) in [5.74, 6) is -4.81. The zero-order chi connectivity index (χ0) is 29.0. The molecule has 4 rings (SSSR count). The van der Waals surface area contributed by atoms with Gasteiger partial charge in [-0.1, -0.05) is 30.4 Å². The summed E-state index contributed by atoms with van der Waals surface area (Å²) < 4.78 is 12.1. The molecule has 0 radical (unpaired) electrons. The maximum absolute atomic E-state index is 14.3. The van der Waals surface area contributed by atoms with Crippen molar-refractivity contribution >= 4 is 52.7 Å². The van der Waals surface area contributed by atoms with Gasteiger partial charge in [-0.15, -0.1) is 0 Å². The van der Waals surface area contributed by atoms with Gasteiger partial charge in [0.2, 0.25) is 5.91 Å². The number of hydrogen-bond acceptors (Lipinski definition) is 9. The second kappa shape index (κ2) is 9.67. The van der Waals surface area contributed by atoms with E-state index in [2.05, 4.69) is 5.10 Å². The van der Waals surface area contributed by atoms with Gasteiger partial charge in [0.1, 0.15) is 28.0 Å². The Morgan fingerprint density at radius 3 is 2.31 bits per heavy atom. The molecule has 1 saturated heterocycles. The van der Waals surface area contributed by atoms with Crippen LogP contribution in [0.3, 0.4) is 0 Å². The maximum Gasteiger partial charge on any atom is 0.416 e. The lowest BCUT2D eigenvalue weighted by atomic mass is 9.70. The van der Waals surface area contributed by atoms with Crippen LogP contribution in [0.25, 0.3) is 0 Å². The highest BCUT2D eigenvalue weighted by Gasteiger charge is 2.73. The van der Waals surface area contributed by atoms with E-state index in [0.29, 0.717) is 11.4 Å². The fourth-order valence-corrected chi connectivity index (χ4v) is 5.85. The second-order valence-electron chi connectivity index (χ2n) is 10.5. The summed E-state index contributed by atoms with van der Waals surface area (Å²) in [5, 5.41) is 4.25. The number of fused-ring (bicyclic) bond motifs is 2. The van der Waals surface area contributed by atoms with Crippen molar-refractivity contribution in [3.05, 3.63) is 47.3 Å². The molecule has 3 heterocycles. The minimum atomic E-state index is -2.07. The van der Waals surface area contributed by atoms with Crippen LogP contribution in [0.15, 0.2) is 30.3 Å². The number of hydrogen-bond donors (Lipinski definition) is 0.